The number of morpholine rings is 1. The lowest BCUT2D eigenvalue weighted by Crippen LogP contribution is -2.40. The number of halogens is 1. The molecule has 0 radical (unpaired) electrons. The zero-order valence-corrected chi connectivity index (χ0v) is 18.1. The first-order valence-corrected chi connectivity index (χ1v) is 11.4. The third-order valence-corrected chi connectivity index (χ3v) is 6.71. The van der Waals surface area contributed by atoms with Crippen molar-refractivity contribution in [2.24, 2.45) is 0 Å². The maximum atomic E-state index is 12.8. The average molecular weight is 454 g/mol. The monoisotopic (exact) mass is 453 g/mol. The summed E-state index contributed by atoms with van der Waals surface area (Å²) in [5, 5.41) is 5.58. The Morgan fingerprint density at radius 3 is 2.53 bits per heavy atom. The molecule has 1 aliphatic heterocycles. The fourth-order valence-electron chi connectivity index (χ4n) is 2.92. The molecular formula is C20H24ClN3O5S. The van der Waals surface area contributed by atoms with Gasteiger partial charge >= 0.3 is 6.03 Å². The highest BCUT2D eigenvalue weighted by Gasteiger charge is 2.27. The third kappa shape index (κ3) is 5.63. The Kier molecular flexibility index (Phi) is 7.54. The molecule has 1 fully saturated rings. The third-order valence-electron chi connectivity index (χ3n) is 4.48. The van der Waals surface area contributed by atoms with E-state index in [0.717, 1.165) is 11.3 Å². The quantitative estimate of drug-likeness (QED) is 0.671. The number of ether oxygens (including phenoxy) is 2. The predicted octanol–water partition coefficient (Wildman–Crippen LogP) is 3.08. The molecule has 162 valence electrons. The minimum atomic E-state index is -3.69. The largest absolute Gasteiger partial charge is 0.494 e. The van der Waals surface area contributed by atoms with E-state index in [-0.39, 0.29) is 28.7 Å². The Balaban J connectivity index is 1.64. The minimum absolute atomic E-state index is 0.0654. The van der Waals surface area contributed by atoms with Crippen molar-refractivity contribution in [1.82, 2.24) is 9.62 Å². The number of urea groups is 1. The van der Waals surface area contributed by atoms with Crippen LogP contribution in [0.3, 0.4) is 0 Å². The van der Waals surface area contributed by atoms with Crippen molar-refractivity contribution >= 4 is 33.3 Å². The summed E-state index contributed by atoms with van der Waals surface area (Å²) in [6.45, 7) is 4.07. The zero-order valence-electron chi connectivity index (χ0n) is 16.6. The van der Waals surface area contributed by atoms with Gasteiger partial charge in [-0.3, -0.25) is 0 Å². The molecule has 0 aliphatic carbocycles. The predicted molar refractivity (Wildman–Crippen MR) is 114 cm³/mol. The highest BCUT2D eigenvalue weighted by atomic mass is 35.5. The number of benzene rings is 2. The van der Waals surface area contributed by atoms with Crippen LogP contribution < -0.4 is 15.4 Å². The molecule has 2 aromatic rings. The standard InChI is InChI=1S/C20H24ClN3O5S/c1-2-29-16-5-3-15(4-6-16)14-22-20(25)23-19-13-17(7-8-18(19)21)30(26,27)24-9-11-28-12-10-24/h3-8,13H,2,9-12,14H2,1H3,(H2,22,23,25). The van der Waals surface area contributed by atoms with Gasteiger partial charge < -0.3 is 20.1 Å². The first-order valence-electron chi connectivity index (χ1n) is 9.54. The highest BCUT2D eigenvalue weighted by Crippen LogP contribution is 2.27. The van der Waals surface area contributed by atoms with Gasteiger partial charge in [-0.25, -0.2) is 13.2 Å². The fourth-order valence-corrected chi connectivity index (χ4v) is 4.52. The zero-order chi connectivity index (χ0) is 21.6. The number of anilines is 1. The average Bonchev–Trinajstić information content (AvgIpc) is 2.75. The van der Waals surface area contributed by atoms with Gasteiger partial charge in [-0.2, -0.15) is 4.31 Å². The van der Waals surface area contributed by atoms with E-state index in [1.807, 2.05) is 31.2 Å². The van der Waals surface area contributed by atoms with E-state index in [1.54, 1.807) is 0 Å². The normalized spacial score (nSPS) is 14.9. The Bertz CT molecular complexity index is 976. The summed E-state index contributed by atoms with van der Waals surface area (Å²) in [7, 11) is -3.69. The van der Waals surface area contributed by atoms with Crippen LogP contribution in [0, 0.1) is 0 Å². The van der Waals surface area contributed by atoms with Crippen molar-refractivity contribution in [3.05, 3.63) is 53.1 Å². The van der Waals surface area contributed by atoms with Gasteiger partial charge in [-0.15, -0.1) is 0 Å². The second kappa shape index (κ2) is 10.1. The van der Waals surface area contributed by atoms with Crippen LogP contribution in [0.2, 0.25) is 5.02 Å². The number of hydrogen-bond donors (Lipinski definition) is 2. The van der Waals surface area contributed by atoms with E-state index in [1.165, 1.54) is 22.5 Å². The van der Waals surface area contributed by atoms with E-state index < -0.39 is 16.1 Å². The number of hydrogen-bond acceptors (Lipinski definition) is 5. The maximum Gasteiger partial charge on any atom is 0.319 e. The Hall–Kier alpha value is -2.33. The molecule has 2 amide bonds. The summed E-state index contributed by atoms with van der Waals surface area (Å²) in [6, 6.07) is 11.1. The Labute approximate surface area is 181 Å². The number of sulfonamides is 1. The van der Waals surface area contributed by atoms with Crippen LogP contribution >= 0.6 is 11.6 Å². The molecule has 0 saturated carbocycles. The molecule has 2 N–H and O–H groups in total. The van der Waals surface area contributed by atoms with Gasteiger partial charge in [-0.05, 0) is 42.8 Å². The lowest BCUT2D eigenvalue weighted by Gasteiger charge is -2.26. The lowest BCUT2D eigenvalue weighted by atomic mass is 10.2. The highest BCUT2D eigenvalue weighted by molar-refractivity contribution is 7.89. The molecule has 0 bridgehead atoms. The molecule has 0 aromatic heterocycles. The summed E-state index contributed by atoms with van der Waals surface area (Å²) < 4.78 is 37.6. The molecular weight excluding hydrogens is 430 g/mol. The first kappa shape index (κ1) is 22.4. The summed E-state index contributed by atoms with van der Waals surface area (Å²) in [5.74, 6) is 0.760. The van der Waals surface area contributed by atoms with Crippen LogP contribution in [0.1, 0.15) is 12.5 Å². The van der Waals surface area contributed by atoms with Gasteiger partial charge in [-0.1, -0.05) is 23.7 Å². The number of amides is 2. The van der Waals surface area contributed by atoms with E-state index >= 15 is 0 Å². The fraction of sp³-hybridized carbons (Fsp3) is 0.350. The molecule has 2 aromatic carbocycles. The molecule has 10 heteroatoms. The van der Waals surface area contributed by atoms with Crippen molar-refractivity contribution in [1.29, 1.82) is 0 Å². The Morgan fingerprint density at radius 2 is 1.87 bits per heavy atom. The Morgan fingerprint density at radius 1 is 1.17 bits per heavy atom. The summed E-state index contributed by atoms with van der Waals surface area (Å²) in [4.78, 5) is 12.4. The van der Waals surface area contributed by atoms with Gasteiger partial charge in [0.2, 0.25) is 10.0 Å². The van der Waals surface area contributed by atoms with Crippen molar-refractivity contribution in [2.75, 3.05) is 38.2 Å². The van der Waals surface area contributed by atoms with Gasteiger partial charge in [0.05, 0.1) is 35.4 Å². The van der Waals surface area contributed by atoms with Crippen LogP contribution in [-0.4, -0.2) is 51.7 Å². The molecule has 1 saturated heterocycles. The molecule has 0 unspecified atom stereocenters. The van der Waals surface area contributed by atoms with Crippen LogP contribution in [0.5, 0.6) is 5.75 Å². The van der Waals surface area contributed by atoms with Gasteiger partial charge in [0.1, 0.15) is 5.75 Å². The van der Waals surface area contributed by atoms with Crippen LogP contribution in [0.15, 0.2) is 47.4 Å². The van der Waals surface area contributed by atoms with Crippen molar-refractivity contribution < 1.29 is 22.7 Å². The smallest absolute Gasteiger partial charge is 0.319 e. The van der Waals surface area contributed by atoms with Crippen molar-refractivity contribution in [3.8, 4) is 5.75 Å². The molecule has 8 nitrogen and oxygen atoms in total. The second-order valence-corrected chi connectivity index (χ2v) is 8.89. The van der Waals surface area contributed by atoms with E-state index in [9.17, 15) is 13.2 Å². The van der Waals surface area contributed by atoms with Crippen molar-refractivity contribution in [3.63, 3.8) is 0 Å². The first-order chi connectivity index (χ1) is 14.4. The van der Waals surface area contributed by atoms with Crippen LogP contribution in [0.4, 0.5) is 10.5 Å². The van der Waals surface area contributed by atoms with E-state index in [2.05, 4.69) is 10.6 Å². The van der Waals surface area contributed by atoms with Gasteiger partial charge in [0, 0.05) is 19.6 Å². The SMILES string of the molecule is CCOc1ccc(CNC(=O)Nc2cc(S(=O)(=O)N3CCOCC3)ccc2Cl)cc1. The number of carbonyl (C=O) groups is 1. The van der Waals surface area contributed by atoms with Crippen molar-refractivity contribution in [2.45, 2.75) is 18.4 Å². The van der Waals surface area contributed by atoms with Gasteiger partial charge in [0.15, 0.2) is 0 Å². The lowest BCUT2D eigenvalue weighted by molar-refractivity contribution is 0.0730. The van der Waals surface area contributed by atoms with E-state index in [0.29, 0.717) is 26.4 Å². The number of nitrogens with zero attached hydrogens (tertiary/aromatic N) is 1. The minimum Gasteiger partial charge on any atom is -0.494 e. The molecule has 1 aliphatic rings. The number of nitrogens with one attached hydrogen (secondary N) is 2. The number of rotatable bonds is 7. The topological polar surface area (TPSA) is 97.0 Å². The van der Waals surface area contributed by atoms with E-state index in [4.69, 9.17) is 21.1 Å². The number of carbonyl (C=O) groups excluding carboxylic acids is 1. The second-order valence-electron chi connectivity index (χ2n) is 6.54. The van der Waals surface area contributed by atoms with Crippen LogP contribution in [-0.2, 0) is 21.3 Å². The van der Waals surface area contributed by atoms with Gasteiger partial charge in [0.25, 0.3) is 0 Å². The summed E-state index contributed by atoms with van der Waals surface area (Å²) in [5.41, 5.74) is 1.11. The van der Waals surface area contributed by atoms with Crippen LogP contribution in [0.25, 0.3) is 0 Å². The molecule has 0 spiro atoms. The summed E-state index contributed by atoms with van der Waals surface area (Å²) >= 11 is 6.16. The summed E-state index contributed by atoms with van der Waals surface area (Å²) in [6.07, 6.45) is 0. The molecule has 0 atom stereocenters. The molecule has 30 heavy (non-hydrogen) atoms. The maximum absolute atomic E-state index is 12.8. The molecule has 1 heterocycles. The molecule has 3 rings (SSSR count).